The second-order valence-electron chi connectivity index (χ2n) is 17.4. The van der Waals surface area contributed by atoms with Crippen LogP contribution in [0.25, 0.3) is 0 Å². The van der Waals surface area contributed by atoms with E-state index in [4.69, 9.17) is 63.1 Å². The van der Waals surface area contributed by atoms with Gasteiger partial charge in [-0.2, -0.15) is 0 Å². The van der Waals surface area contributed by atoms with Crippen LogP contribution in [0.5, 0.6) is 11.5 Å². The van der Waals surface area contributed by atoms with Gasteiger partial charge in [0.15, 0.2) is 12.4 Å². The highest BCUT2D eigenvalue weighted by atomic mass is 16.7. The van der Waals surface area contributed by atoms with Crippen LogP contribution in [-0.2, 0) is 55.9 Å². The summed E-state index contributed by atoms with van der Waals surface area (Å²) >= 11 is 0. The molecular formula is C45H63B2N3O23. The van der Waals surface area contributed by atoms with E-state index in [-0.39, 0.29) is 81.0 Å². The number of rotatable bonds is 29. The lowest BCUT2D eigenvalue weighted by atomic mass is 9.99. The summed E-state index contributed by atoms with van der Waals surface area (Å²) in [6.45, 7) is 7.93. The lowest BCUT2D eigenvalue weighted by molar-refractivity contribution is -0.321. The molecule has 402 valence electrons. The van der Waals surface area contributed by atoms with Crippen LogP contribution >= 0.6 is 0 Å². The molecule has 0 aliphatic carbocycles. The summed E-state index contributed by atoms with van der Waals surface area (Å²) in [4.78, 5) is 62.9. The number of ether oxygens (including phenoxy) is 10. The van der Waals surface area contributed by atoms with Crippen LogP contribution < -0.4 is 20.1 Å². The maximum absolute atomic E-state index is 13.5. The monoisotopic (exact) mass is 1040 g/mol. The Morgan fingerprint density at radius 3 is 1.47 bits per heavy atom. The van der Waals surface area contributed by atoms with E-state index in [1.54, 1.807) is 0 Å². The number of aliphatic hydroxyl groups excluding tert-OH is 7. The first kappa shape index (κ1) is 60.5. The van der Waals surface area contributed by atoms with Crippen molar-refractivity contribution in [2.75, 3.05) is 79.0 Å². The van der Waals surface area contributed by atoms with Gasteiger partial charge in [-0.3, -0.25) is 24.1 Å². The SMILES string of the molecule is [B]C(=O)OCc1ccc(O[C@@H]2O[C@H](C(=O)O)[C@@H](O)[C@H](O)[C@H]2O)c(C(=O)NCCOCCN(CCOCCNC(=O)c2cc(COC([B])=O)ccc2O[C@@H]2O[C@H](O)[C@@H](O)[C@H](O)[C@H]2O)CCOCCOC(C)(C)C)c1. The Morgan fingerprint density at radius 1 is 0.589 bits per heavy atom. The molecule has 10 atom stereocenters. The summed E-state index contributed by atoms with van der Waals surface area (Å²) in [6.07, 6.45) is -18.7. The quantitative estimate of drug-likeness (QED) is 0.0287. The molecule has 2 fully saturated rings. The molecule has 2 saturated heterocycles. The zero-order valence-electron chi connectivity index (χ0n) is 40.4. The molecule has 4 rings (SSSR count). The third kappa shape index (κ3) is 20.0. The Balaban J connectivity index is 1.30. The smallest absolute Gasteiger partial charge is 0.335 e. The van der Waals surface area contributed by atoms with Crippen molar-refractivity contribution in [3.8, 4) is 11.5 Å². The minimum Gasteiger partial charge on any atom is -0.479 e. The molecule has 0 aromatic heterocycles. The first-order valence-electron chi connectivity index (χ1n) is 23.0. The van der Waals surface area contributed by atoms with Gasteiger partial charge in [-0.05, 0) is 56.2 Å². The van der Waals surface area contributed by atoms with Crippen LogP contribution in [-0.4, -0.2) is 237 Å². The minimum atomic E-state index is -1.98. The molecule has 28 heteroatoms. The van der Waals surface area contributed by atoms with Crippen LogP contribution in [0.1, 0.15) is 52.6 Å². The highest BCUT2D eigenvalue weighted by molar-refractivity contribution is 6.55. The van der Waals surface area contributed by atoms with E-state index in [2.05, 4.69) is 10.6 Å². The number of hydrogen-bond donors (Lipinski definition) is 10. The van der Waals surface area contributed by atoms with Crippen molar-refractivity contribution in [2.45, 2.75) is 101 Å². The zero-order chi connectivity index (χ0) is 53.8. The van der Waals surface area contributed by atoms with Gasteiger partial charge in [-0.15, -0.1) is 0 Å². The number of nitrogens with zero attached hydrogens (tertiary/aromatic N) is 1. The van der Waals surface area contributed by atoms with Gasteiger partial charge in [0.25, 0.3) is 11.8 Å². The third-order valence-electron chi connectivity index (χ3n) is 10.7. The van der Waals surface area contributed by atoms with E-state index in [9.17, 15) is 64.8 Å². The van der Waals surface area contributed by atoms with Crippen LogP contribution in [0.3, 0.4) is 0 Å². The van der Waals surface area contributed by atoms with Crippen LogP contribution in [0, 0.1) is 0 Å². The molecule has 0 saturated carbocycles. The maximum Gasteiger partial charge on any atom is 0.335 e. The molecule has 2 amide bonds. The predicted octanol–water partition coefficient (Wildman–Crippen LogP) is -2.97. The minimum absolute atomic E-state index is 0.00596. The van der Waals surface area contributed by atoms with E-state index in [0.29, 0.717) is 50.6 Å². The molecule has 2 aliphatic rings. The number of aliphatic hydroxyl groups is 7. The summed E-state index contributed by atoms with van der Waals surface area (Å²) in [5.74, 6) is -5.56. The molecule has 0 spiro atoms. The molecule has 2 aromatic carbocycles. The Kier molecular flexibility index (Phi) is 24.7. The molecular weight excluding hydrogens is 972 g/mol. The molecule has 0 bridgehead atoms. The van der Waals surface area contributed by atoms with Crippen LogP contribution in [0.15, 0.2) is 36.4 Å². The van der Waals surface area contributed by atoms with Gasteiger partial charge in [0.1, 0.15) is 61.3 Å². The van der Waals surface area contributed by atoms with E-state index in [1.807, 2.05) is 25.7 Å². The fourth-order valence-corrected chi connectivity index (χ4v) is 6.82. The fourth-order valence-electron chi connectivity index (χ4n) is 6.82. The van der Waals surface area contributed by atoms with Gasteiger partial charge in [0.05, 0.1) is 63.0 Å². The maximum atomic E-state index is 13.5. The van der Waals surface area contributed by atoms with Crippen molar-refractivity contribution in [2.24, 2.45) is 0 Å². The van der Waals surface area contributed by atoms with E-state index in [0.717, 1.165) is 0 Å². The second kappa shape index (κ2) is 29.7. The van der Waals surface area contributed by atoms with E-state index >= 15 is 0 Å². The first-order chi connectivity index (χ1) is 34.6. The average Bonchev–Trinajstić information content (AvgIpc) is 3.33. The Hall–Kier alpha value is -5.04. The highest BCUT2D eigenvalue weighted by Crippen LogP contribution is 2.29. The van der Waals surface area contributed by atoms with Crippen molar-refractivity contribution in [1.29, 1.82) is 0 Å². The lowest BCUT2D eigenvalue weighted by Crippen LogP contribution is -2.61. The molecule has 4 radical (unpaired) electrons. The van der Waals surface area contributed by atoms with Gasteiger partial charge in [0.2, 0.25) is 40.0 Å². The summed E-state index contributed by atoms with van der Waals surface area (Å²) < 4.78 is 54.3. The molecule has 2 aliphatic heterocycles. The van der Waals surface area contributed by atoms with Gasteiger partial charge in [-0.25, -0.2) is 4.79 Å². The Bertz CT molecular complexity index is 2100. The van der Waals surface area contributed by atoms with E-state index < -0.39 is 91.1 Å². The largest absolute Gasteiger partial charge is 0.479 e. The van der Waals surface area contributed by atoms with Crippen LogP contribution in [0.4, 0.5) is 9.59 Å². The van der Waals surface area contributed by atoms with E-state index in [1.165, 1.54) is 36.4 Å². The number of nitrogens with one attached hydrogen (secondary N) is 2. The van der Waals surface area contributed by atoms with Crippen molar-refractivity contribution in [3.63, 3.8) is 0 Å². The summed E-state index contributed by atoms with van der Waals surface area (Å²) in [6, 6.07) is 8.02. The number of carboxylic acids is 1. The van der Waals surface area contributed by atoms with Crippen molar-refractivity contribution >= 4 is 45.2 Å². The average molecular weight is 1040 g/mol. The van der Waals surface area contributed by atoms with Gasteiger partial charge < -0.3 is 98.9 Å². The lowest BCUT2D eigenvalue weighted by Gasteiger charge is -2.38. The molecule has 2 aromatic rings. The number of aliphatic carboxylic acids is 1. The normalized spacial score (nSPS) is 24.1. The summed E-state index contributed by atoms with van der Waals surface area (Å²) in [7, 11) is 10.2. The Morgan fingerprint density at radius 2 is 1.03 bits per heavy atom. The van der Waals surface area contributed by atoms with Crippen molar-refractivity contribution in [3.05, 3.63) is 58.7 Å². The zero-order valence-corrected chi connectivity index (χ0v) is 40.4. The number of carbonyl (C=O) groups excluding carboxylic acids is 4. The Labute approximate surface area is 422 Å². The van der Waals surface area contributed by atoms with Crippen LogP contribution in [0.2, 0.25) is 0 Å². The fraction of sp³-hybridized carbons (Fsp3) is 0.622. The summed E-state index contributed by atoms with van der Waals surface area (Å²) in [5.41, 5.74) is 0.0241. The topological polar surface area (TPSA) is 367 Å². The van der Waals surface area contributed by atoms with Gasteiger partial charge in [0, 0.05) is 32.7 Å². The van der Waals surface area contributed by atoms with Gasteiger partial charge >= 0.3 is 5.97 Å². The molecule has 0 unspecified atom stereocenters. The third-order valence-corrected chi connectivity index (χ3v) is 10.7. The second-order valence-corrected chi connectivity index (χ2v) is 17.4. The summed E-state index contributed by atoms with van der Waals surface area (Å²) in [5, 5.41) is 85.8. The number of benzene rings is 2. The molecule has 26 nitrogen and oxygen atoms in total. The number of carboxylic acid groups (broad SMARTS) is 1. The molecule has 10 N–H and O–H groups in total. The molecule has 73 heavy (non-hydrogen) atoms. The number of amides is 2. The number of carbonyl (C=O) groups is 5. The highest BCUT2D eigenvalue weighted by Gasteiger charge is 2.48. The standard InChI is InChI=1S/C45H63B2N3O23/c1-45(2,3)69-19-18-66-17-12-50(11-16-65-14-9-49-38(58)27-21-25(23-68-44(47)63)5-7-29(27)71-42-35(56)31(52)33(54)40(61)73-42)10-15-64-13-8-48-37(57)26-20-24(22-67-43(46)62)4-6-28(26)70-41-34(55)30(51)32(53)36(72-41)39(59)60/h4-7,20-21,30-36,40-42,51-56,61H,8-19,22-23H2,1-3H3,(H,48,57)(H,49,58)(H,59,60)/t30-,31-,32-,33-,34+,35+,36-,40-,41+,42+/m0/s1. The van der Waals surface area contributed by atoms with Crippen molar-refractivity contribution < 1.29 is 112 Å². The first-order valence-corrected chi connectivity index (χ1v) is 23.0. The predicted molar refractivity (Wildman–Crippen MR) is 249 cm³/mol. The van der Waals surface area contributed by atoms with Gasteiger partial charge in [-0.1, -0.05) is 12.1 Å². The van der Waals surface area contributed by atoms with Crippen molar-refractivity contribution in [1.82, 2.24) is 15.5 Å². The molecule has 2 heterocycles. The number of hydrogen-bond acceptors (Lipinski definition) is 23.